The number of esters is 2. The van der Waals surface area contributed by atoms with E-state index in [1.807, 2.05) is 39.8 Å². The topological polar surface area (TPSA) is 241 Å². The average Bonchev–Trinajstić information content (AvgIpc) is 3.19. The Morgan fingerprint density at radius 1 is 0.717 bits per heavy atom. The van der Waals surface area contributed by atoms with Crippen LogP contribution in [0.4, 0.5) is 0 Å². The van der Waals surface area contributed by atoms with E-state index in [4.69, 9.17) is 39.6 Å². The largest absolute Gasteiger partial charge is 0.507 e. The highest BCUT2D eigenvalue weighted by molar-refractivity contribution is 5.98. The first-order chi connectivity index (χ1) is 27.7. The predicted octanol–water partition coefficient (Wildman–Crippen LogP) is 4.85. The third-order valence-corrected chi connectivity index (χ3v) is 9.20. The number of amides is 2. The highest BCUT2D eigenvalue weighted by atomic mass is 35.5. The summed E-state index contributed by atoms with van der Waals surface area (Å²) in [5.74, 6) is -2.53. The molecule has 334 valence electrons. The summed E-state index contributed by atoms with van der Waals surface area (Å²) >= 11 is 0. The van der Waals surface area contributed by atoms with Gasteiger partial charge in [0, 0.05) is 23.3 Å². The second-order valence-electron chi connectivity index (χ2n) is 14.2. The molecule has 2 aromatic carbocycles. The van der Waals surface area contributed by atoms with Crippen LogP contribution in [0.3, 0.4) is 0 Å². The number of phenolic OH excluding ortho intramolecular Hbond substituents is 1. The van der Waals surface area contributed by atoms with Gasteiger partial charge in [-0.2, -0.15) is 0 Å². The zero-order valence-corrected chi connectivity index (χ0v) is 37.0. The first-order valence-corrected chi connectivity index (χ1v) is 19.2. The molecule has 0 aliphatic rings. The third kappa shape index (κ3) is 14.6. The summed E-state index contributed by atoms with van der Waals surface area (Å²) in [6, 6.07) is 1.01. The molecular weight excluding hydrogens is 823 g/mol. The highest BCUT2D eigenvalue weighted by Crippen LogP contribution is 2.41. The molecule has 18 heteroatoms. The Labute approximate surface area is 362 Å². The zero-order valence-electron chi connectivity index (χ0n) is 35.4. The van der Waals surface area contributed by atoms with Gasteiger partial charge in [0.05, 0.1) is 26.7 Å². The molecule has 3 rings (SSSR count). The molecule has 7 N–H and O–H groups in total. The lowest BCUT2D eigenvalue weighted by Gasteiger charge is -2.19. The SMILES string of the molecule is COC(=O)C(CCCCN)NC(=O)COc1cc2oc3cc(OCC(=O)NC(CCCCN)C(=O)OC)c(OC)c(CC=C(C)C)c3c(=O)c2c(O)c1CC=C(C)C.Cl.Cl. The number of hydrogen-bond donors (Lipinski definition) is 5. The van der Waals surface area contributed by atoms with E-state index in [0.29, 0.717) is 57.2 Å². The number of aromatic hydroxyl groups is 1. The van der Waals surface area contributed by atoms with Gasteiger partial charge < -0.3 is 55.3 Å². The van der Waals surface area contributed by atoms with Crippen LogP contribution in [0, 0.1) is 0 Å². The van der Waals surface area contributed by atoms with E-state index >= 15 is 0 Å². The number of benzene rings is 2. The molecule has 60 heavy (non-hydrogen) atoms. The van der Waals surface area contributed by atoms with Crippen LogP contribution in [0.5, 0.6) is 23.0 Å². The molecule has 0 saturated carbocycles. The number of carbonyl (C=O) groups is 4. The van der Waals surface area contributed by atoms with Gasteiger partial charge in [0.1, 0.15) is 40.1 Å². The van der Waals surface area contributed by atoms with E-state index in [-0.39, 0.29) is 82.4 Å². The molecule has 0 aliphatic carbocycles. The van der Waals surface area contributed by atoms with E-state index in [1.165, 1.54) is 33.5 Å². The Kier molecular flexibility index (Phi) is 23.2. The summed E-state index contributed by atoms with van der Waals surface area (Å²) in [6.45, 7) is 7.33. The number of carbonyl (C=O) groups excluding carboxylic acids is 4. The molecule has 2 atom stereocenters. The fraction of sp³-hybridized carbons (Fsp3) is 0.500. The average molecular weight is 884 g/mol. The van der Waals surface area contributed by atoms with E-state index in [9.17, 15) is 29.1 Å². The number of ether oxygens (including phenoxy) is 5. The van der Waals surface area contributed by atoms with Gasteiger partial charge in [-0.15, -0.1) is 24.8 Å². The van der Waals surface area contributed by atoms with E-state index in [0.717, 1.165) is 11.1 Å². The Hall–Kier alpha value is -5.03. The summed E-state index contributed by atoms with van der Waals surface area (Å²) in [5.41, 5.74) is 13.1. The maximum atomic E-state index is 14.5. The van der Waals surface area contributed by atoms with Crippen LogP contribution >= 0.6 is 24.8 Å². The van der Waals surface area contributed by atoms with Gasteiger partial charge in [0.15, 0.2) is 24.7 Å². The minimum absolute atomic E-state index is 0. The van der Waals surface area contributed by atoms with E-state index < -0.39 is 60.2 Å². The van der Waals surface area contributed by atoms with Gasteiger partial charge >= 0.3 is 11.9 Å². The van der Waals surface area contributed by atoms with Crippen LogP contribution in [0.1, 0.15) is 77.3 Å². The third-order valence-electron chi connectivity index (χ3n) is 9.20. The van der Waals surface area contributed by atoms with Crippen LogP contribution in [0.25, 0.3) is 21.9 Å². The molecule has 0 spiro atoms. The van der Waals surface area contributed by atoms with Crippen molar-refractivity contribution in [2.24, 2.45) is 11.5 Å². The van der Waals surface area contributed by atoms with Gasteiger partial charge in [-0.1, -0.05) is 23.3 Å². The monoisotopic (exact) mass is 882 g/mol. The maximum absolute atomic E-state index is 14.5. The maximum Gasteiger partial charge on any atom is 0.328 e. The Morgan fingerprint density at radius 2 is 1.17 bits per heavy atom. The lowest BCUT2D eigenvalue weighted by atomic mass is 9.98. The number of unbranched alkanes of at least 4 members (excludes halogenated alkanes) is 2. The van der Waals surface area contributed by atoms with Crippen LogP contribution in [0.2, 0.25) is 0 Å². The number of phenols is 1. The Bertz CT molecular complexity index is 2060. The van der Waals surface area contributed by atoms with Crippen molar-refractivity contribution in [3.05, 3.63) is 56.8 Å². The molecule has 1 aromatic heterocycles. The normalized spacial score (nSPS) is 11.6. The minimum Gasteiger partial charge on any atom is -0.507 e. The molecule has 0 fully saturated rings. The smallest absolute Gasteiger partial charge is 0.328 e. The molecule has 0 radical (unpaired) electrons. The van der Waals surface area contributed by atoms with Crippen molar-refractivity contribution in [1.29, 1.82) is 0 Å². The molecule has 16 nitrogen and oxygen atoms in total. The number of nitrogens with two attached hydrogens (primary N) is 2. The summed E-state index contributed by atoms with van der Waals surface area (Å²) in [7, 11) is 3.86. The van der Waals surface area contributed by atoms with Crippen molar-refractivity contribution in [2.75, 3.05) is 47.6 Å². The minimum atomic E-state index is -0.914. The summed E-state index contributed by atoms with van der Waals surface area (Å²) < 4.78 is 33.7. The van der Waals surface area contributed by atoms with E-state index in [1.54, 1.807) is 0 Å². The lowest BCUT2D eigenvalue weighted by molar-refractivity contribution is -0.145. The van der Waals surface area contributed by atoms with Crippen molar-refractivity contribution in [3.8, 4) is 23.0 Å². The van der Waals surface area contributed by atoms with Crippen molar-refractivity contribution >= 4 is 70.5 Å². The molecular formula is C42H60Cl2N4O12. The second-order valence-corrected chi connectivity index (χ2v) is 14.2. The standard InChI is InChI=1S/C42H58N4O12.2ClH/c1-24(2)14-16-26-30(56-22-34(47)45-28(41(51)54-6)12-8-10-18-43)20-32-37(38(26)49)39(50)36-27(17-15-25(3)4)40(53-5)33(21-31(36)58-32)57-23-35(48)46-29(42(52)55-7)13-9-11-19-44;;/h14-15,20-21,28-29,49H,8-13,16-19,22-23,43-44H2,1-7H3,(H,45,47)(H,46,48);2*1H. The number of nitrogens with one attached hydrogen (secondary N) is 2. The Morgan fingerprint density at radius 3 is 1.62 bits per heavy atom. The number of rotatable bonds is 23. The molecule has 0 aliphatic heterocycles. The highest BCUT2D eigenvalue weighted by Gasteiger charge is 2.27. The number of fused-ring (bicyclic) bond motifs is 2. The second kappa shape index (κ2) is 26.2. The fourth-order valence-corrected chi connectivity index (χ4v) is 6.19. The number of methoxy groups -OCH3 is 3. The van der Waals surface area contributed by atoms with Crippen molar-refractivity contribution in [1.82, 2.24) is 10.6 Å². The lowest BCUT2D eigenvalue weighted by Crippen LogP contribution is -2.43. The molecule has 0 saturated heterocycles. The van der Waals surface area contributed by atoms with Crippen LogP contribution in [-0.4, -0.2) is 88.6 Å². The summed E-state index contributed by atoms with van der Waals surface area (Å²) in [6.07, 6.45) is 7.19. The van der Waals surface area contributed by atoms with Crippen LogP contribution in [-0.2, 0) is 41.5 Å². The number of allylic oxidation sites excluding steroid dienone is 4. The number of hydrogen-bond acceptors (Lipinski definition) is 14. The molecule has 3 aromatic rings. The van der Waals surface area contributed by atoms with Crippen molar-refractivity contribution in [3.63, 3.8) is 0 Å². The fourth-order valence-electron chi connectivity index (χ4n) is 6.19. The van der Waals surface area contributed by atoms with Gasteiger partial charge in [0.25, 0.3) is 11.8 Å². The molecule has 0 bridgehead atoms. The number of halogens is 2. The quantitative estimate of drug-likeness (QED) is 0.0370. The molecule has 2 amide bonds. The zero-order chi connectivity index (χ0) is 42.9. The van der Waals surface area contributed by atoms with Crippen LogP contribution in [0.15, 0.2) is 44.6 Å². The van der Waals surface area contributed by atoms with E-state index in [2.05, 4.69) is 10.6 Å². The molecule has 1 heterocycles. The van der Waals surface area contributed by atoms with Crippen molar-refractivity contribution < 1.29 is 52.4 Å². The first kappa shape index (κ1) is 53.0. The van der Waals surface area contributed by atoms with Gasteiger partial charge in [-0.05, 0) is 92.2 Å². The van der Waals surface area contributed by atoms with Gasteiger partial charge in [-0.25, -0.2) is 9.59 Å². The van der Waals surface area contributed by atoms with Gasteiger partial charge in [-0.3, -0.25) is 14.4 Å². The van der Waals surface area contributed by atoms with Gasteiger partial charge in [0.2, 0.25) is 5.43 Å². The summed E-state index contributed by atoms with van der Waals surface area (Å²) in [4.78, 5) is 65.3. The summed E-state index contributed by atoms with van der Waals surface area (Å²) in [5, 5.41) is 17.0. The van der Waals surface area contributed by atoms with Crippen LogP contribution < -0.4 is 41.7 Å². The predicted molar refractivity (Wildman–Crippen MR) is 234 cm³/mol. The molecule has 2 unspecified atom stereocenters. The van der Waals surface area contributed by atoms with Crippen molar-refractivity contribution in [2.45, 2.75) is 91.1 Å². The first-order valence-electron chi connectivity index (χ1n) is 19.2. The Balaban J connectivity index is 0.00000900.